The van der Waals surface area contributed by atoms with E-state index in [4.69, 9.17) is 0 Å². The minimum Gasteiger partial charge on any atom is -0.312 e. The number of fused-ring (bicyclic) bond motifs is 1. The standard InChI is InChI=1S/C12H10N4O/c1-8-4-2-3-5-10(8)16-11-9(6-15-16)12(17)14-7-13-11/h2-7H,1H3,(H,13,14,17). The first-order valence-electron chi connectivity index (χ1n) is 5.25. The summed E-state index contributed by atoms with van der Waals surface area (Å²) in [6.07, 6.45) is 2.93. The lowest BCUT2D eigenvalue weighted by atomic mass is 10.2. The maximum absolute atomic E-state index is 11.6. The van der Waals surface area contributed by atoms with E-state index in [1.165, 1.54) is 12.5 Å². The lowest BCUT2D eigenvalue weighted by Crippen LogP contribution is -2.07. The fraction of sp³-hybridized carbons (Fsp3) is 0.0833. The minimum atomic E-state index is -0.171. The molecule has 0 saturated carbocycles. The zero-order valence-electron chi connectivity index (χ0n) is 9.21. The number of hydrogen-bond acceptors (Lipinski definition) is 3. The van der Waals surface area contributed by atoms with Crippen LogP contribution in [0.4, 0.5) is 0 Å². The number of para-hydroxylation sites is 1. The normalized spacial score (nSPS) is 10.9. The summed E-state index contributed by atoms with van der Waals surface area (Å²) < 4.78 is 1.68. The van der Waals surface area contributed by atoms with E-state index >= 15 is 0 Å². The fourth-order valence-electron chi connectivity index (χ4n) is 1.83. The van der Waals surface area contributed by atoms with E-state index < -0.39 is 0 Å². The highest BCUT2D eigenvalue weighted by Crippen LogP contribution is 2.16. The van der Waals surface area contributed by atoms with E-state index in [1.54, 1.807) is 4.68 Å². The molecule has 1 N–H and O–H groups in total. The van der Waals surface area contributed by atoms with Crippen LogP contribution in [0.2, 0.25) is 0 Å². The second-order valence-corrected chi connectivity index (χ2v) is 3.81. The molecule has 0 atom stereocenters. The summed E-state index contributed by atoms with van der Waals surface area (Å²) in [6.45, 7) is 2.00. The number of nitrogens with one attached hydrogen (secondary N) is 1. The topological polar surface area (TPSA) is 63.6 Å². The van der Waals surface area contributed by atoms with Gasteiger partial charge in [-0.15, -0.1) is 0 Å². The van der Waals surface area contributed by atoms with Crippen LogP contribution in [-0.4, -0.2) is 19.7 Å². The van der Waals surface area contributed by atoms with Crippen LogP contribution >= 0.6 is 0 Å². The Kier molecular flexibility index (Phi) is 2.04. The van der Waals surface area contributed by atoms with Crippen molar-refractivity contribution in [3.63, 3.8) is 0 Å². The van der Waals surface area contributed by atoms with Crippen LogP contribution < -0.4 is 5.56 Å². The molecule has 0 amide bonds. The van der Waals surface area contributed by atoms with Crippen molar-refractivity contribution in [2.24, 2.45) is 0 Å². The molecule has 2 heterocycles. The summed E-state index contributed by atoms with van der Waals surface area (Å²) >= 11 is 0. The van der Waals surface area contributed by atoms with Gasteiger partial charge in [0.1, 0.15) is 5.39 Å². The Labute approximate surface area is 96.7 Å². The van der Waals surface area contributed by atoms with Gasteiger partial charge in [-0.1, -0.05) is 18.2 Å². The highest BCUT2D eigenvalue weighted by atomic mass is 16.1. The molecule has 0 spiro atoms. The predicted molar refractivity (Wildman–Crippen MR) is 64.2 cm³/mol. The average molecular weight is 226 g/mol. The number of H-pyrrole nitrogens is 1. The zero-order chi connectivity index (χ0) is 11.8. The molecule has 3 rings (SSSR count). The first-order valence-corrected chi connectivity index (χ1v) is 5.25. The molecule has 0 unspecified atom stereocenters. The average Bonchev–Trinajstić information content (AvgIpc) is 2.75. The molecule has 0 aliphatic heterocycles. The molecule has 17 heavy (non-hydrogen) atoms. The second kappa shape index (κ2) is 3.55. The van der Waals surface area contributed by atoms with Crippen molar-refractivity contribution in [2.75, 3.05) is 0 Å². The van der Waals surface area contributed by atoms with E-state index in [0.29, 0.717) is 11.0 Å². The Morgan fingerprint density at radius 3 is 2.94 bits per heavy atom. The van der Waals surface area contributed by atoms with Crippen molar-refractivity contribution in [1.29, 1.82) is 0 Å². The third kappa shape index (κ3) is 1.44. The highest BCUT2D eigenvalue weighted by Gasteiger charge is 2.09. The smallest absolute Gasteiger partial charge is 0.261 e. The molecule has 0 aliphatic rings. The first-order chi connectivity index (χ1) is 8.27. The molecule has 84 valence electrons. The van der Waals surface area contributed by atoms with Crippen LogP contribution in [-0.2, 0) is 0 Å². The van der Waals surface area contributed by atoms with Crippen LogP contribution in [0, 0.1) is 6.92 Å². The van der Waals surface area contributed by atoms with Gasteiger partial charge in [0.05, 0.1) is 18.2 Å². The van der Waals surface area contributed by atoms with Crippen molar-refractivity contribution in [2.45, 2.75) is 6.92 Å². The van der Waals surface area contributed by atoms with Crippen LogP contribution in [0.1, 0.15) is 5.56 Å². The molecule has 2 aromatic heterocycles. The van der Waals surface area contributed by atoms with Gasteiger partial charge >= 0.3 is 0 Å². The van der Waals surface area contributed by atoms with Crippen molar-refractivity contribution >= 4 is 11.0 Å². The minimum absolute atomic E-state index is 0.171. The van der Waals surface area contributed by atoms with Crippen molar-refractivity contribution in [3.05, 3.63) is 52.7 Å². The summed E-state index contributed by atoms with van der Waals surface area (Å²) in [5.74, 6) is 0. The summed E-state index contributed by atoms with van der Waals surface area (Å²) in [5.41, 5.74) is 2.41. The molecule has 0 saturated heterocycles. The van der Waals surface area contributed by atoms with Gasteiger partial charge in [-0.05, 0) is 18.6 Å². The fourth-order valence-corrected chi connectivity index (χ4v) is 1.83. The van der Waals surface area contributed by atoms with Gasteiger partial charge in [-0.3, -0.25) is 4.79 Å². The van der Waals surface area contributed by atoms with E-state index in [9.17, 15) is 4.79 Å². The van der Waals surface area contributed by atoms with Gasteiger partial charge in [0, 0.05) is 0 Å². The van der Waals surface area contributed by atoms with Crippen LogP contribution in [0.15, 0.2) is 41.6 Å². The maximum Gasteiger partial charge on any atom is 0.261 e. The zero-order valence-corrected chi connectivity index (χ0v) is 9.21. The monoisotopic (exact) mass is 226 g/mol. The molecule has 0 fully saturated rings. The van der Waals surface area contributed by atoms with Gasteiger partial charge < -0.3 is 4.98 Å². The van der Waals surface area contributed by atoms with Gasteiger partial charge in [0.15, 0.2) is 5.65 Å². The third-order valence-corrected chi connectivity index (χ3v) is 2.71. The Balaban J connectivity index is 2.36. The number of benzene rings is 1. The largest absolute Gasteiger partial charge is 0.312 e. The van der Waals surface area contributed by atoms with Crippen LogP contribution in [0.5, 0.6) is 0 Å². The van der Waals surface area contributed by atoms with E-state index in [0.717, 1.165) is 11.3 Å². The molecular formula is C12H10N4O. The Hall–Kier alpha value is -2.43. The second-order valence-electron chi connectivity index (χ2n) is 3.81. The molecule has 0 aliphatic carbocycles. The predicted octanol–water partition coefficient (Wildman–Crippen LogP) is 1.42. The molecule has 5 heteroatoms. The van der Waals surface area contributed by atoms with E-state index in [2.05, 4.69) is 15.1 Å². The summed E-state index contributed by atoms with van der Waals surface area (Å²) in [5, 5.41) is 4.72. The Morgan fingerprint density at radius 2 is 2.12 bits per heavy atom. The summed E-state index contributed by atoms with van der Waals surface area (Å²) in [4.78, 5) is 18.3. The van der Waals surface area contributed by atoms with Gasteiger partial charge in [0.2, 0.25) is 0 Å². The maximum atomic E-state index is 11.6. The number of aromatic nitrogens is 4. The molecule has 1 aromatic carbocycles. The van der Waals surface area contributed by atoms with Gasteiger partial charge in [-0.25, -0.2) is 9.67 Å². The number of hydrogen-bond donors (Lipinski definition) is 1. The summed E-state index contributed by atoms with van der Waals surface area (Å²) in [6, 6.07) is 7.84. The van der Waals surface area contributed by atoms with Crippen LogP contribution in [0.25, 0.3) is 16.7 Å². The van der Waals surface area contributed by atoms with Gasteiger partial charge in [0.25, 0.3) is 5.56 Å². The number of aromatic amines is 1. The molecule has 5 nitrogen and oxygen atoms in total. The van der Waals surface area contributed by atoms with Gasteiger partial charge in [-0.2, -0.15) is 5.10 Å². The first kappa shape index (κ1) is 9.77. The number of rotatable bonds is 1. The summed E-state index contributed by atoms with van der Waals surface area (Å²) in [7, 11) is 0. The van der Waals surface area contributed by atoms with Crippen molar-refractivity contribution in [1.82, 2.24) is 19.7 Å². The van der Waals surface area contributed by atoms with Crippen molar-refractivity contribution < 1.29 is 0 Å². The number of nitrogens with zero attached hydrogens (tertiary/aromatic N) is 3. The van der Waals surface area contributed by atoms with Crippen LogP contribution in [0.3, 0.4) is 0 Å². The SMILES string of the molecule is Cc1ccccc1-n1ncc2c(=O)[nH]cnc21. The molecular weight excluding hydrogens is 216 g/mol. The molecule has 3 aromatic rings. The quantitative estimate of drug-likeness (QED) is 0.682. The lowest BCUT2D eigenvalue weighted by molar-refractivity contribution is 0.887. The lowest BCUT2D eigenvalue weighted by Gasteiger charge is -2.05. The Morgan fingerprint density at radius 1 is 1.29 bits per heavy atom. The van der Waals surface area contributed by atoms with Crippen molar-refractivity contribution in [3.8, 4) is 5.69 Å². The van der Waals surface area contributed by atoms with E-state index in [-0.39, 0.29) is 5.56 Å². The molecule has 0 bridgehead atoms. The Bertz CT molecular complexity index is 741. The molecule has 0 radical (unpaired) electrons. The highest BCUT2D eigenvalue weighted by molar-refractivity contribution is 5.75. The van der Waals surface area contributed by atoms with E-state index in [1.807, 2.05) is 31.2 Å². The third-order valence-electron chi connectivity index (χ3n) is 2.71. The number of aryl methyl sites for hydroxylation is 1.